The van der Waals surface area contributed by atoms with E-state index in [1.54, 1.807) is 0 Å². The van der Waals surface area contributed by atoms with Gasteiger partial charge in [0, 0.05) is 12.4 Å². The standard InChI is InChI=1S/C16H27N3/c1-3-4-13-5-7-14(8-6-13)16(19-17)15-9-12(2)10-18-11-15/h9-11,13-14,16,19H,3-8,17H2,1-2H3. The lowest BCUT2D eigenvalue weighted by Gasteiger charge is -2.33. The summed E-state index contributed by atoms with van der Waals surface area (Å²) in [5.74, 6) is 7.40. The first-order valence-corrected chi connectivity index (χ1v) is 7.62. The van der Waals surface area contributed by atoms with E-state index in [0.717, 1.165) is 5.92 Å². The van der Waals surface area contributed by atoms with Gasteiger partial charge in [-0.3, -0.25) is 16.3 Å². The van der Waals surface area contributed by atoms with Crippen LogP contribution in [0.25, 0.3) is 0 Å². The summed E-state index contributed by atoms with van der Waals surface area (Å²) in [5.41, 5.74) is 5.47. The third kappa shape index (κ3) is 3.77. The van der Waals surface area contributed by atoms with Crippen molar-refractivity contribution in [3.8, 4) is 0 Å². The number of hydrazine groups is 1. The molecule has 1 saturated carbocycles. The van der Waals surface area contributed by atoms with Gasteiger partial charge in [-0.1, -0.05) is 38.7 Å². The number of nitrogens with one attached hydrogen (secondary N) is 1. The summed E-state index contributed by atoms with van der Waals surface area (Å²) in [7, 11) is 0. The van der Waals surface area contributed by atoms with Gasteiger partial charge in [-0.15, -0.1) is 0 Å². The Kier molecular flexibility index (Phi) is 5.34. The Morgan fingerprint density at radius 2 is 2.05 bits per heavy atom. The van der Waals surface area contributed by atoms with Crippen LogP contribution in [0.15, 0.2) is 18.5 Å². The average molecular weight is 261 g/mol. The highest BCUT2D eigenvalue weighted by molar-refractivity contribution is 5.20. The first-order chi connectivity index (χ1) is 9.24. The summed E-state index contributed by atoms with van der Waals surface area (Å²) in [6.45, 7) is 4.37. The molecule has 3 heteroatoms. The minimum atomic E-state index is 0.259. The highest BCUT2D eigenvalue weighted by Crippen LogP contribution is 2.37. The maximum absolute atomic E-state index is 5.80. The molecule has 1 heterocycles. The number of nitrogens with two attached hydrogens (primary N) is 1. The van der Waals surface area contributed by atoms with E-state index < -0.39 is 0 Å². The van der Waals surface area contributed by atoms with Crippen molar-refractivity contribution in [2.24, 2.45) is 17.7 Å². The van der Waals surface area contributed by atoms with Crippen LogP contribution in [0.3, 0.4) is 0 Å². The van der Waals surface area contributed by atoms with Crippen LogP contribution < -0.4 is 11.3 Å². The van der Waals surface area contributed by atoms with Gasteiger partial charge >= 0.3 is 0 Å². The maximum Gasteiger partial charge on any atom is 0.0503 e. The lowest BCUT2D eigenvalue weighted by atomic mass is 9.76. The van der Waals surface area contributed by atoms with Crippen LogP contribution in [0.1, 0.15) is 62.6 Å². The number of rotatable bonds is 5. The fourth-order valence-corrected chi connectivity index (χ4v) is 3.47. The van der Waals surface area contributed by atoms with E-state index in [1.165, 1.54) is 49.7 Å². The Hall–Kier alpha value is -0.930. The topological polar surface area (TPSA) is 50.9 Å². The molecule has 1 aliphatic carbocycles. The van der Waals surface area contributed by atoms with Gasteiger partial charge in [0.15, 0.2) is 0 Å². The number of aromatic nitrogens is 1. The van der Waals surface area contributed by atoms with E-state index in [1.807, 2.05) is 12.4 Å². The maximum atomic E-state index is 5.80. The number of nitrogens with zero attached hydrogens (tertiary/aromatic N) is 1. The van der Waals surface area contributed by atoms with Gasteiger partial charge < -0.3 is 0 Å². The second-order valence-electron chi connectivity index (χ2n) is 6.01. The minimum Gasteiger partial charge on any atom is -0.271 e. The van der Waals surface area contributed by atoms with Crippen LogP contribution in [0.2, 0.25) is 0 Å². The van der Waals surface area contributed by atoms with Crippen molar-refractivity contribution in [3.05, 3.63) is 29.6 Å². The molecular weight excluding hydrogens is 234 g/mol. The molecule has 1 aliphatic rings. The van der Waals surface area contributed by atoms with Crippen LogP contribution in [-0.2, 0) is 0 Å². The molecule has 1 aromatic rings. The van der Waals surface area contributed by atoms with Crippen LogP contribution in [0.5, 0.6) is 0 Å². The van der Waals surface area contributed by atoms with Crippen molar-refractivity contribution in [1.82, 2.24) is 10.4 Å². The zero-order valence-electron chi connectivity index (χ0n) is 12.2. The van der Waals surface area contributed by atoms with Crippen molar-refractivity contribution in [3.63, 3.8) is 0 Å². The third-order valence-corrected chi connectivity index (χ3v) is 4.49. The van der Waals surface area contributed by atoms with Gasteiger partial charge in [0.2, 0.25) is 0 Å². The van der Waals surface area contributed by atoms with Gasteiger partial charge in [0.25, 0.3) is 0 Å². The zero-order chi connectivity index (χ0) is 13.7. The lowest BCUT2D eigenvalue weighted by molar-refractivity contribution is 0.215. The Morgan fingerprint density at radius 1 is 1.32 bits per heavy atom. The molecule has 1 atom stereocenters. The monoisotopic (exact) mass is 261 g/mol. The van der Waals surface area contributed by atoms with Crippen molar-refractivity contribution in [2.75, 3.05) is 0 Å². The van der Waals surface area contributed by atoms with Crippen LogP contribution in [0.4, 0.5) is 0 Å². The van der Waals surface area contributed by atoms with E-state index in [-0.39, 0.29) is 6.04 Å². The van der Waals surface area contributed by atoms with E-state index in [2.05, 4.69) is 30.3 Å². The first-order valence-electron chi connectivity index (χ1n) is 7.62. The Balaban J connectivity index is 1.99. The molecule has 3 N–H and O–H groups in total. The van der Waals surface area contributed by atoms with Crippen molar-refractivity contribution in [2.45, 2.75) is 58.4 Å². The highest BCUT2D eigenvalue weighted by atomic mass is 15.2. The Bertz CT molecular complexity index is 383. The summed E-state index contributed by atoms with van der Waals surface area (Å²) in [5, 5.41) is 0. The van der Waals surface area contributed by atoms with E-state index in [4.69, 9.17) is 5.84 Å². The molecule has 1 unspecified atom stereocenters. The summed E-state index contributed by atoms with van der Waals surface area (Å²) in [6, 6.07) is 2.46. The largest absolute Gasteiger partial charge is 0.271 e. The normalized spacial score (nSPS) is 25.2. The van der Waals surface area contributed by atoms with Crippen LogP contribution in [0, 0.1) is 18.8 Å². The molecule has 0 amide bonds. The number of aryl methyl sites for hydroxylation is 1. The fourth-order valence-electron chi connectivity index (χ4n) is 3.47. The molecule has 0 aliphatic heterocycles. The molecule has 0 radical (unpaired) electrons. The number of hydrogen-bond acceptors (Lipinski definition) is 3. The first kappa shape index (κ1) is 14.5. The predicted molar refractivity (Wildman–Crippen MR) is 79.4 cm³/mol. The molecule has 0 saturated heterocycles. The quantitative estimate of drug-likeness (QED) is 0.630. The second kappa shape index (κ2) is 7.01. The molecule has 0 aromatic carbocycles. The minimum absolute atomic E-state index is 0.259. The van der Waals surface area contributed by atoms with Gasteiger partial charge in [-0.25, -0.2) is 0 Å². The fraction of sp³-hybridized carbons (Fsp3) is 0.688. The lowest BCUT2D eigenvalue weighted by Crippen LogP contribution is -2.35. The summed E-state index contributed by atoms with van der Waals surface area (Å²) in [4.78, 5) is 4.30. The summed E-state index contributed by atoms with van der Waals surface area (Å²) in [6.07, 6.45) is 11.8. The molecule has 0 spiro atoms. The second-order valence-corrected chi connectivity index (χ2v) is 6.01. The van der Waals surface area contributed by atoms with Crippen LogP contribution >= 0.6 is 0 Å². The van der Waals surface area contributed by atoms with Crippen molar-refractivity contribution < 1.29 is 0 Å². The van der Waals surface area contributed by atoms with Gasteiger partial charge in [0.05, 0.1) is 6.04 Å². The molecule has 2 rings (SSSR count). The average Bonchev–Trinajstić information content (AvgIpc) is 2.42. The number of hydrogen-bond donors (Lipinski definition) is 2. The molecule has 0 bridgehead atoms. The molecule has 19 heavy (non-hydrogen) atoms. The smallest absolute Gasteiger partial charge is 0.0503 e. The molecular formula is C16H27N3. The Morgan fingerprint density at radius 3 is 2.63 bits per heavy atom. The van der Waals surface area contributed by atoms with Crippen molar-refractivity contribution >= 4 is 0 Å². The molecule has 106 valence electrons. The SMILES string of the molecule is CCCC1CCC(C(NN)c2cncc(C)c2)CC1. The zero-order valence-corrected chi connectivity index (χ0v) is 12.2. The Labute approximate surface area is 117 Å². The molecule has 1 fully saturated rings. The summed E-state index contributed by atoms with van der Waals surface area (Å²) >= 11 is 0. The van der Waals surface area contributed by atoms with Crippen molar-refractivity contribution in [1.29, 1.82) is 0 Å². The van der Waals surface area contributed by atoms with Gasteiger partial charge in [0.1, 0.15) is 0 Å². The molecule has 1 aromatic heterocycles. The summed E-state index contributed by atoms with van der Waals surface area (Å²) < 4.78 is 0. The van der Waals surface area contributed by atoms with Gasteiger partial charge in [-0.05, 0) is 42.7 Å². The van der Waals surface area contributed by atoms with Gasteiger partial charge in [-0.2, -0.15) is 0 Å². The molecule has 3 nitrogen and oxygen atoms in total. The van der Waals surface area contributed by atoms with E-state index >= 15 is 0 Å². The van der Waals surface area contributed by atoms with E-state index in [9.17, 15) is 0 Å². The highest BCUT2D eigenvalue weighted by Gasteiger charge is 2.27. The third-order valence-electron chi connectivity index (χ3n) is 4.49. The van der Waals surface area contributed by atoms with Crippen LogP contribution in [-0.4, -0.2) is 4.98 Å². The van der Waals surface area contributed by atoms with E-state index in [0.29, 0.717) is 5.92 Å². The predicted octanol–water partition coefficient (Wildman–Crippen LogP) is 3.50. The number of pyridine rings is 1.